The number of aromatic nitrogens is 4. The predicted octanol–water partition coefficient (Wildman–Crippen LogP) is 3.19. The third-order valence-electron chi connectivity index (χ3n) is 2.77. The lowest BCUT2D eigenvalue weighted by atomic mass is 10.2. The molecule has 0 amide bonds. The highest BCUT2D eigenvalue weighted by atomic mass is 35.5. The molecule has 5 heteroatoms. The highest BCUT2D eigenvalue weighted by Crippen LogP contribution is 2.16. The maximum absolute atomic E-state index is 5.96. The Morgan fingerprint density at radius 1 is 1.11 bits per heavy atom. The second kappa shape index (κ2) is 5.20. The van der Waals surface area contributed by atoms with Gasteiger partial charge in [0.25, 0.3) is 0 Å². The quantitative estimate of drug-likeness (QED) is 0.687. The first-order chi connectivity index (χ1) is 9.34. The molecule has 0 bridgehead atoms. The van der Waals surface area contributed by atoms with Crippen LogP contribution >= 0.6 is 11.6 Å². The van der Waals surface area contributed by atoms with Crippen LogP contribution in [0.3, 0.4) is 0 Å². The van der Waals surface area contributed by atoms with Crippen molar-refractivity contribution in [1.29, 1.82) is 0 Å². The van der Waals surface area contributed by atoms with Crippen LogP contribution in [-0.2, 0) is 6.54 Å². The van der Waals surface area contributed by atoms with E-state index in [1.54, 1.807) is 6.33 Å². The Labute approximate surface area is 115 Å². The van der Waals surface area contributed by atoms with Crippen molar-refractivity contribution in [3.05, 3.63) is 59.8 Å². The number of imidazole rings is 1. The summed E-state index contributed by atoms with van der Waals surface area (Å²) in [7, 11) is 0. The molecule has 0 N–H and O–H groups in total. The third kappa shape index (κ3) is 2.48. The fraction of sp³-hybridized carbons (Fsp3) is 0.0714. The van der Waals surface area contributed by atoms with E-state index >= 15 is 0 Å². The minimum atomic E-state index is 0.385. The average molecular weight is 271 g/mol. The van der Waals surface area contributed by atoms with Gasteiger partial charge in [-0.2, -0.15) is 0 Å². The standard InChI is InChI=1S/C14H11ClN4/c15-13-12-14(17-9-16-13)19(10-18-12)8-4-7-11-5-2-1-3-6-11/h1-7,9-10H,8H2. The monoisotopic (exact) mass is 270 g/mol. The van der Waals surface area contributed by atoms with E-state index in [1.165, 1.54) is 11.9 Å². The Balaban J connectivity index is 1.83. The number of nitrogens with zero attached hydrogens (tertiary/aromatic N) is 4. The van der Waals surface area contributed by atoms with Crippen molar-refractivity contribution in [2.75, 3.05) is 0 Å². The van der Waals surface area contributed by atoms with Crippen molar-refractivity contribution in [2.24, 2.45) is 0 Å². The molecular weight excluding hydrogens is 260 g/mol. The van der Waals surface area contributed by atoms with Crippen LogP contribution in [0, 0.1) is 0 Å². The van der Waals surface area contributed by atoms with Crippen LogP contribution in [0.4, 0.5) is 0 Å². The van der Waals surface area contributed by atoms with Crippen molar-refractivity contribution in [3.63, 3.8) is 0 Å². The number of hydrogen-bond donors (Lipinski definition) is 0. The first-order valence-electron chi connectivity index (χ1n) is 5.87. The van der Waals surface area contributed by atoms with Gasteiger partial charge in [-0.1, -0.05) is 54.1 Å². The van der Waals surface area contributed by atoms with Crippen LogP contribution in [0.25, 0.3) is 17.2 Å². The van der Waals surface area contributed by atoms with E-state index in [9.17, 15) is 0 Å². The van der Waals surface area contributed by atoms with E-state index < -0.39 is 0 Å². The smallest absolute Gasteiger partial charge is 0.165 e. The van der Waals surface area contributed by atoms with Crippen LogP contribution < -0.4 is 0 Å². The SMILES string of the molecule is Clc1ncnc2c1ncn2CC=Cc1ccccc1. The summed E-state index contributed by atoms with van der Waals surface area (Å²) in [5.41, 5.74) is 2.55. The lowest BCUT2D eigenvalue weighted by Crippen LogP contribution is -1.95. The maximum atomic E-state index is 5.96. The Kier molecular flexibility index (Phi) is 3.25. The molecule has 94 valence electrons. The summed E-state index contributed by atoms with van der Waals surface area (Å²) in [5.74, 6) is 0. The maximum Gasteiger partial charge on any atom is 0.165 e. The highest BCUT2D eigenvalue weighted by Gasteiger charge is 2.06. The normalized spacial score (nSPS) is 11.4. The van der Waals surface area contributed by atoms with Crippen LogP contribution in [0.5, 0.6) is 0 Å². The first kappa shape index (κ1) is 11.9. The van der Waals surface area contributed by atoms with Gasteiger partial charge in [-0.25, -0.2) is 15.0 Å². The minimum absolute atomic E-state index is 0.385. The minimum Gasteiger partial charge on any atom is -0.311 e. The second-order valence-electron chi connectivity index (χ2n) is 4.05. The molecule has 1 aromatic carbocycles. The van der Waals surface area contributed by atoms with E-state index in [2.05, 4.69) is 39.2 Å². The summed E-state index contributed by atoms with van der Waals surface area (Å²) in [6.45, 7) is 0.693. The fourth-order valence-electron chi connectivity index (χ4n) is 1.85. The molecule has 0 fully saturated rings. The number of halogens is 1. The number of rotatable bonds is 3. The first-order valence-corrected chi connectivity index (χ1v) is 6.25. The van der Waals surface area contributed by atoms with Gasteiger partial charge in [-0.15, -0.1) is 0 Å². The summed E-state index contributed by atoms with van der Waals surface area (Å²) < 4.78 is 1.93. The van der Waals surface area contributed by atoms with Crippen molar-refractivity contribution in [1.82, 2.24) is 19.5 Å². The zero-order valence-electron chi connectivity index (χ0n) is 10.1. The lowest BCUT2D eigenvalue weighted by Gasteiger charge is -1.98. The van der Waals surface area contributed by atoms with Gasteiger partial charge in [-0.3, -0.25) is 0 Å². The van der Waals surface area contributed by atoms with Crippen LogP contribution in [0.2, 0.25) is 5.15 Å². The largest absolute Gasteiger partial charge is 0.311 e. The van der Waals surface area contributed by atoms with Gasteiger partial charge in [0.1, 0.15) is 11.8 Å². The summed E-state index contributed by atoms with van der Waals surface area (Å²) in [6, 6.07) is 10.1. The molecule has 3 rings (SSSR count). The van der Waals surface area contributed by atoms with Gasteiger partial charge in [-0.05, 0) is 5.56 Å². The number of benzene rings is 1. The molecule has 0 saturated heterocycles. The average Bonchev–Trinajstić information content (AvgIpc) is 2.85. The zero-order valence-corrected chi connectivity index (χ0v) is 10.8. The fourth-order valence-corrected chi connectivity index (χ4v) is 2.03. The third-order valence-corrected chi connectivity index (χ3v) is 3.05. The molecule has 4 nitrogen and oxygen atoms in total. The van der Waals surface area contributed by atoms with E-state index in [0.717, 1.165) is 5.65 Å². The number of fused-ring (bicyclic) bond motifs is 1. The molecule has 2 heterocycles. The Morgan fingerprint density at radius 2 is 1.95 bits per heavy atom. The molecule has 0 saturated carbocycles. The molecule has 0 aliphatic rings. The zero-order chi connectivity index (χ0) is 13.1. The lowest BCUT2D eigenvalue weighted by molar-refractivity contribution is 0.839. The Bertz CT molecular complexity index is 719. The van der Waals surface area contributed by atoms with Gasteiger partial charge in [0.2, 0.25) is 0 Å². The van der Waals surface area contributed by atoms with Crippen LogP contribution in [0.1, 0.15) is 5.56 Å². The summed E-state index contributed by atoms with van der Waals surface area (Å²) >= 11 is 5.96. The molecule has 0 aliphatic carbocycles. The molecular formula is C14H11ClN4. The summed E-state index contributed by atoms with van der Waals surface area (Å²) in [4.78, 5) is 12.3. The van der Waals surface area contributed by atoms with Crippen molar-refractivity contribution < 1.29 is 0 Å². The number of hydrogen-bond acceptors (Lipinski definition) is 3. The Morgan fingerprint density at radius 3 is 2.79 bits per heavy atom. The van der Waals surface area contributed by atoms with Gasteiger partial charge >= 0.3 is 0 Å². The topological polar surface area (TPSA) is 43.6 Å². The van der Waals surface area contributed by atoms with Crippen LogP contribution in [-0.4, -0.2) is 19.5 Å². The van der Waals surface area contributed by atoms with E-state index in [0.29, 0.717) is 17.2 Å². The summed E-state index contributed by atoms with van der Waals surface area (Å²) in [6.07, 6.45) is 7.30. The van der Waals surface area contributed by atoms with Gasteiger partial charge in [0, 0.05) is 6.54 Å². The van der Waals surface area contributed by atoms with Gasteiger partial charge in [0.05, 0.1) is 6.33 Å². The second-order valence-corrected chi connectivity index (χ2v) is 4.40. The molecule has 0 aliphatic heterocycles. The molecule has 2 aromatic heterocycles. The van der Waals surface area contributed by atoms with Gasteiger partial charge in [0.15, 0.2) is 10.8 Å². The Hall–Kier alpha value is -2.20. The molecule has 0 radical (unpaired) electrons. The summed E-state index contributed by atoms with van der Waals surface area (Å²) in [5, 5.41) is 0.385. The molecule has 0 unspecified atom stereocenters. The molecule has 0 spiro atoms. The van der Waals surface area contributed by atoms with Crippen molar-refractivity contribution >= 4 is 28.8 Å². The van der Waals surface area contributed by atoms with Crippen molar-refractivity contribution in [3.8, 4) is 0 Å². The van der Waals surface area contributed by atoms with E-state index in [4.69, 9.17) is 11.6 Å². The van der Waals surface area contributed by atoms with Crippen LogP contribution in [0.15, 0.2) is 49.1 Å². The van der Waals surface area contributed by atoms with Gasteiger partial charge < -0.3 is 4.57 Å². The van der Waals surface area contributed by atoms with E-state index in [1.807, 2.05) is 22.8 Å². The molecule has 3 aromatic rings. The highest BCUT2D eigenvalue weighted by molar-refractivity contribution is 6.33. The predicted molar refractivity (Wildman–Crippen MR) is 75.8 cm³/mol. The molecule has 0 atom stereocenters. The van der Waals surface area contributed by atoms with E-state index in [-0.39, 0.29) is 0 Å². The number of allylic oxidation sites excluding steroid dienone is 1. The molecule has 19 heavy (non-hydrogen) atoms. The van der Waals surface area contributed by atoms with Crippen molar-refractivity contribution in [2.45, 2.75) is 6.54 Å².